The molecule has 4 heteroatoms. The molecule has 0 atom stereocenters. The Labute approximate surface area is 126 Å². The molecule has 0 spiro atoms. The Morgan fingerprint density at radius 2 is 2.10 bits per heavy atom. The van der Waals surface area contributed by atoms with Crippen LogP contribution in [0.15, 0.2) is 49.0 Å². The van der Waals surface area contributed by atoms with Crippen LogP contribution in [0, 0.1) is 0 Å². The molecule has 3 aromatic rings. The molecule has 2 nitrogen and oxygen atoms in total. The van der Waals surface area contributed by atoms with Gasteiger partial charge in [-0.1, -0.05) is 36.4 Å². The number of aliphatic hydroxyl groups excluding tert-OH is 1. The van der Waals surface area contributed by atoms with E-state index in [0.29, 0.717) is 5.02 Å². The fraction of sp³-hybridized carbons (Fsp3) is 0.0625. The van der Waals surface area contributed by atoms with E-state index in [9.17, 15) is 5.11 Å². The molecule has 0 aliphatic rings. The summed E-state index contributed by atoms with van der Waals surface area (Å²) >= 11 is 7.57. The van der Waals surface area contributed by atoms with E-state index in [4.69, 9.17) is 11.6 Å². The minimum atomic E-state index is 0.0244. The van der Waals surface area contributed by atoms with E-state index >= 15 is 0 Å². The van der Waals surface area contributed by atoms with E-state index in [2.05, 4.69) is 11.6 Å². The second-order valence-corrected chi connectivity index (χ2v) is 5.94. The van der Waals surface area contributed by atoms with Crippen molar-refractivity contribution < 1.29 is 5.11 Å². The lowest BCUT2D eigenvalue weighted by Gasteiger charge is -2.04. The highest BCUT2D eigenvalue weighted by molar-refractivity contribution is 7.19. The number of fused-ring (bicyclic) bond motifs is 1. The van der Waals surface area contributed by atoms with Crippen molar-refractivity contribution in [2.24, 2.45) is 0 Å². The molecule has 2 aromatic carbocycles. The summed E-state index contributed by atoms with van der Waals surface area (Å²) in [5.74, 6) is 0. The molecule has 0 aliphatic carbocycles. The minimum Gasteiger partial charge on any atom is -0.392 e. The first-order valence-electron chi connectivity index (χ1n) is 6.13. The van der Waals surface area contributed by atoms with Crippen molar-refractivity contribution in [3.05, 3.63) is 70.2 Å². The highest BCUT2D eigenvalue weighted by Crippen LogP contribution is 2.31. The summed E-state index contributed by atoms with van der Waals surface area (Å²) in [4.78, 5) is 4.58. The van der Waals surface area contributed by atoms with Gasteiger partial charge in [-0.05, 0) is 35.4 Å². The normalized spacial score (nSPS) is 10.9. The standard InChI is InChI=1S/C16H12ClNOS/c1-10(12-4-2-3-11(7-12)9-19)16-18-14-8-13(17)5-6-15(14)20-16/h2-8,19H,1,9H2. The maximum absolute atomic E-state index is 9.20. The van der Waals surface area contributed by atoms with Gasteiger partial charge in [-0.3, -0.25) is 0 Å². The molecule has 20 heavy (non-hydrogen) atoms. The fourth-order valence-electron chi connectivity index (χ4n) is 2.01. The molecule has 0 bridgehead atoms. The van der Waals surface area contributed by atoms with Gasteiger partial charge in [0.25, 0.3) is 0 Å². The first-order chi connectivity index (χ1) is 9.67. The van der Waals surface area contributed by atoms with E-state index in [-0.39, 0.29) is 6.61 Å². The lowest BCUT2D eigenvalue weighted by atomic mass is 10.1. The van der Waals surface area contributed by atoms with Crippen molar-refractivity contribution in [3.63, 3.8) is 0 Å². The largest absolute Gasteiger partial charge is 0.392 e. The zero-order chi connectivity index (χ0) is 14.1. The third-order valence-electron chi connectivity index (χ3n) is 3.07. The van der Waals surface area contributed by atoms with Gasteiger partial charge in [0, 0.05) is 10.6 Å². The average Bonchev–Trinajstić information content (AvgIpc) is 2.89. The van der Waals surface area contributed by atoms with E-state index < -0.39 is 0 Å². The maximum atomic E-state index is 9.20. The molecule has 100 valence electrons. The molecule has 0 saturated heterocycles. The number of hydrogen-bond acceptors (Lipinski definition) is 3. The summed E-state index contributed by atoms with van der Waals surface area (Å²) < 4.78 is 1.09. The Bertz CT molecular complexity index is 794. The number of hydrogen-bond donors (Lipinski definition) is 1. The molecule has 3 rings (SSSR count). The summed E-state index contributed by atoms with van der Waals surface area (Å²) in [6.45, 7) is 4.15. The van der Waals surface area contributed by atoms with Gasteiger partial charge in [-0.2, -0.15) is 0 Å². The Hall–Kier alpha value is -1.68. The van der Waals surface area contributed by atoms with Crippen LogP contribution >= 0.6 is 22.9 Å². The molecule has 0 aliphatic heterocycles. The molecule has 0 amide bonds. The SMILES string of the molecule is C=C(c1cccc(CO)c1)c1nc2cc(Cl)ccc2s1. The number of nitrogens with zero attached hydrogens (tertiary/aromatic N) is 1. The number of rotatable bonds is 3. The predicted molar refractivity (Wildman–Crippen MR) is 85.1 cm³/mol. The molecule has 0 unspecified atom stereocenters. The molecule has 1 aromatic heterocycles. The summed E-state index contributed by atoms with van der Waals surface area (Å²) in [5, 5.41) is 10.8. The lowest BCUT2D eigenvalue weighted by Crippen LogP contribution is -1.88. The number of aliphatic hydroxyl groups is 1. The van der Waals surface area contributed by atoms with Crippen LogP contribution < -0.4 is 0 Å². The summed E-state index contributed by atoms with van der Waals surface area (Å²) in [7, 11) is 0. The van der Waals surface area contributed by atoms with Gasteiger partial charge in [-0.25, -0.2) is 4.98 Å². The quantitative estimate of drug-likeness (QED) is 0.772. The highest BCUT2D eigenvalue weighted by atomic mass is 35.5. The van der Waals surface area contributed by atoms with Crippen molar-refractivity contribution in [3.8, 4) is 0 Å². The zero-order valence-corrected chi connectivity index (χ0v) is 12.2. The van der Waals surface area contributed by atoms with Gasteiger partial charge >= 0.3 is 0 Å². The lowest BCUT2D eigenvalue weighted by molar-refractivity contribution is 0.282. The summed E-state index contributed by atoms with van der Waals surface area (Å²) in [6.07, 6.45) is 0. The number of thiazole rings is 1. The van der Waals surface area contributed by atoms with Crippen LogP contribution in [0.5, 0.6) is 0 Å². The monoisotopic (exact) mass is 301 g/mol. The highest BCUT2D eigenvalue weighted by Gasteiger charge is 2.09. The second-order valence-electron chi connectivity index (χ2n) is 4.47. The molecular weight excluding hydrogens is 290 g/mol. The van der Waals surface area contributed by atoms with Crippen LogP contribution in [0.2, 0.25) is 5.02 Å². The molecule has 1 N–H and O–H groups in total. The number of halogens is 1. The Kier molecular flexibility index (Phi) is 3.57. The van der Waals surface area contributed by atoms with Gasteiger partial charge in [0.05, 0.1) is 16.8 Å². The Morgan fingerprint density at radius 1 is 1.25 bits per heavy atom. The van der Waals surface area contributed by atoms with Gasteiger partial charge in [0.1, 0.15) is 5.01 Å². The van der Waals surface area contributed by atoms with Crippen LogP contribution in [-0.4, -0.2) is 10.1 Å². The number of aromatic nitrogens is 1. The van der Waals surface area contributed by atoms with Crippen LogP contribution in [-0.2, 0) is 6.61 Å². The van der Waals surface area contributed by atoms with Gasteiger partial charge in [0.15, 0.2) is 0 Å². The molecule has 0 fully saturated rings. The van der Waals surface area contributed by atoms with Crippen molar-refractivity contribution in [1.29, 1.82) is 0 Å². The van der Waals surface area contributed by atoms with Crippen LogP contribution in [0.4, 0.5) is 0 Å². The van der Waals surface area contributed by atoms with Crippen molar-refractivity contribution in [1.82, 2.24) is 4.98 Å². The molecule has 0 saturated carbocycles. The van der Waals surface area contributed by atoms with E-state index in [1.807, 2.05) is 42.5 Å². The Balaban J connectivity index is 2.03. The average molecular weight is 302 g/mol. The van der Waals surface area contributed by atoms with E-state index in [0.717, 1.165) is 31.9 Å². The molecule has 0 radical (unpaired) electrons. The van der Waals surface area contributed by atoms with Gasteiger partial charge in [0.2, 0.25) is 0 Å². The predicted octanol–water partition coefficient (Wildman–Crippen LogP) is 4.50. The molecule has 1 heterocycles. The van der Waals surface area contributed by atoms with E-state index in [1.54, 1.807) is 11.3 Å². The topological polar surface area (TPSA) is 33.1 Å². The Morgan fingerprint density at radius 3 is 2.90 bits per heavy atom. The van der Waals surface area contributed by atoms with Crippen LogP contribution in [0.1, 0.15) is 16.1 Å². The maximum Gasteiger partial charge on any atom is 0.124 e. The van der Waals surface area contributed by atoms with Crippen LogP contribution in [0.25, 0.3) is 15.8 Å². The minimum absolute atomic E-state index is 0.0244. The first-order valence-corrected chi connectivity index (χ1v) is 7.32. The van der Waals surface area contributed by atoms with Crippen LogP contribution in [0.3, 0.4) is 0 Å². The fourth-order valence-corrected chi connectivity index (χ4v) is 3.12. The van der Waals surface area contributed by atoms with E-state index in [1.165, 1.54) is 0 Å². The van der Waals surface area contributed by atoms with Gasteiger partial charge < -0.3 is 5.11 Å². The smallest absolute Gasteiger partial charge is 0.124 e. The second kappa shape index (κ2) is 5.37. The summed E-state index contributed by atoms with van der Waals surface area (Å²) in [5.41, 5.74) is 3.59. The summed E-state index contributed by atoms with van der Waals surface area (Å²) in [6, 6.07) is 13.4. The first kappa shape index (κ1) is 13.3. The third kappa shape index (κ3) is 2.48. The van der Waals surface area contributed by atoms with Crippen molar-refractivity contribution in [2.45, 2.75) is 6.61 Å². The third-order valence-corrected chi connectivity index (χ3v) is 4.40. The van der Waals surface area contributed by atoms with Crippen molar-refractivity contribution in [2.75, 3.05) is 0 Å². The van der Waals surface area contributed by atoms with Crippen molar-refractivity contribution >= 4 is 38.7 Å². The zero-order valence-electron chi connectivity index (χ0n) is 10.6. The number of benzene rings is 2. The molecular formula is C16H12ClNOS. The van der Waals surface area contributed by atoms with Gasteiger partial charge in [-0.15, -0.1) is 11.3 Å².